The van der Waals surface area contributed by atoms with Crippen molar-refractivity contribution >= 4 is 23.5 Å². The lowest BCUT2D eigenvalue weighted by molar-refractivity contribution is -0.390. The number of carbonyl (C=O) groups is 2. The molecular formula is C31H33F6N5O4. The van der Waals surface area contributed by atoms with Gasteiger partial charge in [0.1, 0.15) is 11.4 Å². The molecule has 0 spiro atoms. The molecule has 1 atom stereocenters. The van der Waals surface area contributed by atoms with E-state index in [9.17, 15) is 35.9 Å². The summed E-state index contributed by atoms with van der Waals surface area (Å²) in [5.41, 5.74) is -6.52. The summed E-state index contributed by atoms with van der Waals surface area (Å²) in [5.74, 6) is -0.686. The number of anilines is 2. The fourth-order valence-electron chi connectivity index (χ4n) is 4.96. The highest BCUT2D eigenvalue weighted by Crippen LogP contribution is 2.53. The Kier molecular flexibility index (Phi) is 10.1. The lowest BCUT2D eigenvalue weighted by atomic mass is 9.91. The van der Waals surface area contributed by atoms with Gasteiger partial charge >= 0.3 is 18.4 Å². The van der Waals surface area contributed by atoms with Gasteiger partial charge in [0, 0.05) is 42.9 Å². The summed E-state index contributed by atoms with van der Waals surface area (Å²) >= 11 is 0. The molecule has 1 aromatic carbocycles. The quantitative estimate of drug-likeness (QED) is 0.238. The molecule has 3 aromatic rings. The van der Waals surface area contributed by atoms with Gasteiger partial charge in [-0.15, -0.1) is 0 Å². The minimum Gasteiger partial charge on any atom is -0.444 e. The number of rotatable bonds is 9. The van der Waals surface area contributed by atoms with E-state index in [4.69, 9.17) is 9.47 Å². The maximum atomic E-state index is 14.6. The highest BCUT2D eigenvalue weighted by Gasteiger charge is 2.73. The third kappa shape index (κ3) is 7.87. The van der Waals surface area contributed by atoms with Gasteiger partial charge in [-0.25, -0.2) is 9.78 Å². The number of halogens is 6. The number of ether oxygens (including phenoxy) is 2. The van der Waals surface area contributed by atoms with Crippen LogP contribution in [0.4, 0.5) is 42.6 Å². The first-order valence-corrected chi connectivity index (χ1v) is 14.3. The number of likely N-dealkylation sites (tertiary alicyclic amines) is 1. The number of nitrogens with zero attached hydrogens (tertiary/aromatic N) is 3. The van der Waals surface area contributed by atoms with Crippen molar-refractivity contribution in [3.05, 3.63) is 83.8 Å². The van der Waals surface area contributed by atoms with Crippen LogP contribution in [0.15, 0.2) is 67.1 Å². The van der Waals surface area contributed by atoms with Crippen molar-refractivity contribution in [3.8, 4) is 0 Å². The lowest BCUT2D eigenvalue weighted by Gasteiger charge is -2.39. The van der Waals surface area contributed by atoms with Crippen LogP contribution in [0.3, 0.4) is 0 Å². The van der Waals surface area contributed by atoms with Crippen molar-refractivity contribution in [1.29, 1.82) is 0 Å². The number of aromatic nitrogens is 2. The molecule has 1 saturated heterocycles. The second-order valence-corrected chi connectivity index (χ2v) is 11.6. The molecule has 2 amide bonds. The maximum Gasteiger partial charge on any atom is 0.430 e. The first-order chi connectivity index (χ1) is 21.5. The summed E-state index contributed by atoms with van der Waals surface area (Å²) in [6, 6.07) is 8.54. The van der Waals surface area contributed by atoms with Crippen LogP contribution in [0, 0.1) is 0 Å². The first-order valence-electron chi connectivity index (χ1n) is 14.3. The van der Waals surface area contributed by atoms with Crippen LogP contribution in [0.2, 0.25) is 0 Å². The Labute approximate surface area is 261 Å². The number of carbonyl (C=O) groups excluding carboxylic acids is 2. The molecule has 3 heterocycles. The van der Waals surface area contributed by atoms with Crippen molar-refractivity contribution in [1.82, 2.24) is 14.9 Å². The molecule has 0 radical (unpaired) electrons. The third-order valence-corrected chi connectivity index (χ3v) is 7.08. The SMILES string of the molecule is CC(C)(C)OC(=O)N1CCC[C@H]1COC(c1cccc(NC(=O)c2cccnc2NCc2ccncc2)c1)(C(F)(F)F)C(F)(F)F. The molecule has 0 saturated carbocycles. The second kappa shape index (κ2) is 13.5. The van der Waals surface area contributed by atoms with Gasteiger partial charge in [-0.3, -0.25) is 9.78 Å². The molecule has 1 fully saturated rings. The Hall–Kier alpha value is -4.40. The van der Waals surface area contributed by atoms with Crippen molar-refractivity contribution < 1.29 is 45.4 Å². The Bertz CT molecular complexity index is 1500. The normalized spacial score (nSPS) is 15.8. The van der Waals surface area contributed by atoms with Gasteiger partial charge in [0.25, 0.3) is 11.5 Å². The van der Waals surface area contributed by atoms with E-state index in [0.29, 0.717) is 18.6 Å². The summed E-state index contributed by atoms with van der Waals surface area (Å²) in [7, 11) is 0. The molecule has 0 unspecified atom stereocenters. The third-order valence-electron chi connectivity index (χ3n) is 7.08. The monoisotopic (exact) mass is 653 g/mol. The number of pyridine rings is 2. The van der Waals surface area contributed by atoms with E-state index in [2.05, 4.69) is 20.6 Å². The predicted octanol–water partition coefficient (Wildman–Crippen LogP) is 7.08. The Morgan fingerprint density at radius 1 is 0.957 bits per heavy atom. The van der Waals surface area contributed by atoms with Crippen LogP contribution in [-0.2, 0) is 21.6 Å². The van der Waals surface area contributed by atoms with Crippen molar-refractivity contribution in [2.24, 2.45) is 0 Å². The Balaban J connectivity index is 1.60. The molecule has 2 N–H and O–H groups in total. The summed E-state index contributed by atoms with van der Waals surface area (Å²) < 4.78 is 97.6. The molecule has 1 aliphatic heterocycles. The predicted molar refractivity (Wildman–Crippen MR) is 156 cm³/mol. The van der Waals surface area contributed by atoms with Crippen molar-refractivity contribution in [3.63, 3.8) is 0 Å². The number of hydrogen-bond donors (Lipinski definition) is 2. The Morgan fingerprint density at radius 2 is 1.65 bits per heavy atom. The van der Waals surface area contributed by atoms with Crippen LogP contribution < -0.4 is 10.6 Å². The van der Waals surface area contributed by atoms with Gasteiger partial charge in [-0.2, -0.15) is 26.3 Å². The molecule has 0 bridgehead atoms. The van der Waals surface area contributed by atoms with Crippen LogP contribution in [0.25, 0.3) is 0 Å². The summed E-state index contributed by atoms with van der Waals surface area (Å²) in [4.78, 5) is 34.9. The van der Waals surface area contributed by atoms with Crippen molar-refractivity contribution in [2.75, 3.05) is 23.8 Å². The molecule has 1 aliphatic rings. The average molecular weight is 654 g/mol. The molecule has 0 aliphatic carbocycles. The van der Waals surface area contributed by atoms with Gasteiger partial charge < -0.3 is 25.0 Å². The topological polar surface area (TPSA) is 106 Å². The van der Waals surface area contributed by atoms with Crippen LogP contribution >= 0.6 is 0 Å². The zero-order chi connectivity index (χ0) is 33.8. The zero-order valence-corrected chi connectivity index (χ0v) is 25.2. The van der Waals surface area contributed by atoms with E-state index in [0.717, 1.165) is 22.6 Å². The van der Waals surface area contributed by atoms with E-state index in [1.54, 1.807) is 45.3 Å². The fraction of sp³-hybridized carbons (Fsp3) is 0.419. The zero-order valence-electron chi connectivity index (χ0n) is 25.2. The van der Waals surface area contributed by atoms with E-state index in [-0.39, 0.29) is 36.6 Å². The smallest absolute Gasteiger partial charge is 0.430 e. The highest BCUT2D eigenvalue weighted by atomic mass is 19.4. The molecule has 9 nitrogen and oxygen atoms in total. The molecule has 15 heteroatoms. The molecule has 248 valence electrons. The standard InChI is InChI=1S/C31H33F6N5O4/c1-28(2,3)46-27(44)42-16-6-9-23(42)19-45-29(30(32,33)34,31(35,36)37)21-7-4-8-22(17-21)41-26(43)24-10-5-13-39-25(24)40-18-20-11-14-38-15-12-20/h4-5,7-8,10-15,17,23H,6,9,16,18-19H2,1-3H3,(H,39,40)(H,41,43)/t23-/m0/s1. The molecular weight excluding hydrogens is 620 g/mol. The highest BCUT2D eigenvalue weighted by molar-refractivity contribution is 6.07. The molecule has 4 rings (SSSR count). The minimum absolute atomic E-state index is 0.000386. The molecule has 46 heavy (non-hydrogen) atoms. The number of nitrogens with one attached hydrogen (secondary N) is 2. The van der Waals surface area contributed by atoms with Gasteiger partial charge in [0.2, 0.25) is 0 Å². The average Bonchev–Trinajstić information content (AvgIpc) is 3.44. The van der Waals surface area contributed by atoms with Gasteiger partial charge in [0.15, 0.2) is 0 Å². The number of amides is 2. The number of benzene rings is 1. The summed E-state index contributed by atoms with van der Waals surface area (Å²) in [6.45, 7) is 4.04. The number of alkyl halides is 6. The second-order valence-electron chi connectivity index (χ2n) is 11.6. The van der Waals surface area contributed by atoms with E-state index in [1.165, 1.54) is 18.3 Å². The van der Waals surface area contributed by atoms with E-state index < -0.39 is 53.8 Å². The van der Waals surface area contributed by atoms with Crippen LogP contribution in [-0.4, -0.2) is 64.0 Å². The first kappa shape index (κ1) is 34.5. The lowest BCUT2D eigenvalue weighted by Crippen LogP contribution is -2.57. The Morgan fingerprint density at radius 3 is 2.30 bits per heavy atom. The van der Waals surface area contributed by atoms with Crippen LogP contribution in [0.1, 0.15) is 55.1 Å². The largest absolute Gasteiger partial charge is 0.444 e. The minimum atomic E-state index is -5.98. The molecule has 2 aromatic heterocycles. The van der Waals surface area contributed by atoms with E-state index >= 15 is 0 Å². The van der Waals surface area contributed by atoms with Crippen molar-refractivity contribution in [2.45, 2.75) is 69.8 Å². The van der Waals surface area contributed by atoms with E-state index in [1.807, 2.05) is 0 Å². The van der Waals surface area contributed by atoms with Gasteiger partial charge in [-0.05, 0) is 75.6 Å². The van der Waals surface area contributed by atoms with Gasteiger partial charge in [0.05, 0.1) is 18.2 Å². The summed E-state index contributed by atoms with van der Waals surface area (Å²) in [6.07, 6.45) is -7.79. The number of hydrogen-bond acceptors (Lipinski definition) is 7. The fourth-order valence-corrected chi connectivity index (χ4v) is 4.96. The maximum absolute atomic E-state index is 14.6. The summed E-state index contributed by atoms with van der Waals surface area (Å²) in [5, 5.41) is 5.35. The van der Waals surface area contributed by atoms with Gasteiger partial charge in [-0.1, -0.05) is 12.1 Å². The van der Waals surface area contributed by atoms with Crippen LogP contribution in [0.5, 0.6) is 0 Å².